The summed E-state index contributed by atoms with van der Waals surface area (Å²) in [7, 11) is 2.19. The van der Waals surface area contributed by atoms with Crippen molar-refractivity contribution >= 4 is 0 Å². The van der Waals surface area contributed by atoms with Crippen molar-refractivity contribution in [3.8, 4) is 0 Å². The van der Waals surface area contributed by atoms with E-state index in [4.69, 9.17) is 4.74 Å². The van der Waals surface area contributed by atoms with Crippen molar-refractivity contribution in [2.75, 3.05) is 33.4 Å². The molecule has 0 bridgehead atoms. The van der Waals surface area contributed by atoms with Crippen molar-refractivity contribution in [1.29, 1.82) is 0 Å². The van der Waals surface area contributed by atoms with Gasteiger partial charge in [-0.25, -0.2) is 0 Å². The first-order valence-electron chi connectivity index (χ1n) is 5.07. The molecule has 0 atom stereocenters. The minimum atomic E-state index is 0.844. The van der Waals surface area contributed by atoms with Crippen LogP contribution in [0.1, 0.15) is 33.1 Å². The molecule has 74 valence electrons. The van der Waals surface area contributed by atoms with Gasteiger partial charge in [-0.2, -0.15) is 0 Å². The van der Waals surface area contributed by atoms with Crippen molar-refractivity contribution in [1.82, 2.24) is 4.90 Å². The van der Waals surface area contributed by atoms with Gasteiger partial charge in [0.2, 0.25) is 0 Å². The fraction of sp³-hybridized carbons (Fsp3) is 1.00. The Hall–Kier alpha value is -0.0800. The maximum atomic E-state index is 4.83. The highest BCUT2D eigenvalue weighted by Gasteiger charge is 2.02. The Morgan fingerprint density at radius 3 is 1.67 bits per heavy atom. The summed E-state index contributed by atoms with van der Waals surface area (Å²) in [4.78, 5) is 2.39. The molecule has 0 spiro atoms. The van der Waals surface area contributed by atoms with Gasteiger partial charge in [0.15, 0.2) is 0 Å². The zero-order valence-electron chi connectivity index (χ0n) is 8.81. The average Bonchev–Trinajstić information content (AvgIpc) is 2.08. The number of likely N-dealkylation sites (tertiary alicyclic amines) is 1. The normalized spacial score (nSPS) is 18.2. The molecule has 2 nitrogen and oxygen atoms in total. The Morgan fingerprint density at radius 1 is 1.00 bits per heavy atom. The van der Waals surface area contributed by atoms with Crippen LogP contribution in [0.4, 0.5) is 0 Å². The predicted molar refractivity (Wildman–Crippen MR) is 53.5 cm³/mol. The van der Waals surface area contributed by atoms with Crippen molar-refractivity contribution in [3.05, 3.63) is 0 Å². The average molecular weight is 173 g/mol. The molecule has 12 heavy (non-hydrogen) atoms. The summed E-state index contributed by atoms with van der Waals surface area (Å²) in [5.41, 5.74) is 0. The first kappa shape index (κ1) is 11.9. The quantitative estimate of drug-likeness (QED) is 0.634. The van der Waals surface area contributed by atoms with E-state index in [9.17, 15) is 0 Å². The first-order chi connectivity index (χ1) is 5.81. The number of piperidine rings is 1. The monoisotopic (exact) mass is 173 g/mol. The molecule has 0 unspecified atom stereocenters. The third-order valence-electron chi connectivity index (χ3n) is 1.99. The van der Waals surface area contributed by atoms with E-state index >= 15 is 0 Å². The Bertz CT molecular complexity index is 77.9. The van der Waals surface area contributed by atoms with Gasteiger partial charge in [-0.3, -0.25) is 0 Å². The van der Waals surface area contributed by atoms with E-state index in [0.29, 0.717) is 0 Å². The molecular formula is C10H23NO. The van der Waals surface area contributed by atoms with Crippen molar-refractivity contribution in [2.45, 2.75) is 33.1 Å². The molecule has 0 aromatic rings. The molecule has 1 rings (SSSR count). The molecule has 1 aliphatic heterocycles. The second-order valence-corrected chi connectivity index (χ2v) is 3.15. The molecule has 0 saturated carbocycles. The summed E-state index contributed by atoms with van der Waals surface area (Å²) in [5.74, 6) is 0. The molecule has 1 aliphatic rings. The maximum absolute atomic E-state index is 4.83. The molecule has 1 heterocycles. The summed E-state index contributed by atoms with van der Waals surface area (Å²) in [6.07, 6.45) is 4.28. The molecule has 1 fully saturated rings. The van der Waals surface area contributed by atoms with E-state index in [1.54, 1.807) is 0 Å². The second-order valence-electron chi connectivity index (χ2n) is 3.15. The van der Waals surface area contributed by atoms with Crippen LogP contribution in [0, 0.1) is 0 Å². The Labute approximate surface area is 76.9 Å². The van der Waals surface area contributed by atoms with E-state index < -0.39 is 0 Å². The van der Waals surface area contributed by atoms with Gasteiger partial charge in [0.25, 0.3) is 0 Å². The molecular weight excluding hydrogens is 150 g/mol. The molecule has 0 amide bonds. The van der Waals surface area contributed by atoms with Gasteiger partial charge < -0.3 is 9.64 Å². The molecule has 0 aromatic heterocycles. The van der Waals surface area contributed by atoms with E-state index in [1.807, 2.05) is 13.8 Å². The molecule has 0 radical (unpaired) electrons. The van der Waals surface area contributed by atoms with E-state index in [-0.39, 0.29) is 0 Å². The van der Waals surface area contributed by atoms with Crippen LogP contribution in [0.3, 0.4) is 0 Å². The Kier molecular flexibility index (Phi) is 8.95. The van der Waals surface area contributed by atoms with Crippen LogP contribution < -0.4 is 0 Å². The van der Waals surface area contributed by atoms with Gasteiger partial charge in [-0.1, -0.05) is 6.42 Å². The van der Waals surface area contributed by atoms with Crippen LogP contribution in [0.15, 0.2) is 0 Å². The fourth-order valence-electron chi connectivity index (χ4n) is 1.26. The molecule has 0 aliphatic carbocycles. The summed E-state index contributed by atoms with van der Waals surface area (Å²) in [5, 5.41) is 0. The summed E-state index contributed by atoms with van der Waals surface area (Å²) >= 11 is 0. The highest BCUT2D eigenvalue weighted by atomic mass is 16.5. The number of ether oxygens (including phenoxy) is 1. The molecule has 1 saturated heterocycles. The second kappa shape index (κ2) is 9.01. The summed E-state index contributed by atoms with van der Waals surface area (Å²) in [6.45, 7) is 8.31. The predicted octanol–water partition coefficient (Wildman–Crippen LogP) is 2.14. The molecule has 2 heteroatoms. The van der Waals surface area contributed by atoms with Crippen LogP contribution in [0.25, 0.3) is 0 Å². The van der Waals surface area contributed by atoms with Gasteiger partial charge in [0.05, 0.1) is 0 Å². The summed E-state index contributed by atoms with van der Waals surface area (Å²) in [6, 6.07) is 0. The Balaban J connectivity index is 0.000000217. The van der Waals surface area contributed by atoms with Gasteiger partial charge in [0, 0.05) is 13.2 Å². The third-order valence-corrected chi connectivity index (χ3v) is 1.99. The van der Waals surface area contributed by atoms with E-state index in [1.165, 1.54) is 32.4 Å². The molecule has 0 N–H and O–H groups in total. The minimum Gasteiger partial charge on any atom is -0.382 e. The number of nitrogens with zero attached hydrogens (tertiary/aromatic N) is 1. The lowest BCUT2D eigenvalue weighted by molar-refractivity contribution is 0.162. The van der Waals surface area contributed by atoms with Gasteiger partial charge in [0.1, 0.15) is 0 Å². The minimum absolute atomic E-state index is 0.844. The van der Waals surface area contributed by atoms with Crippen LogP contribution >= 0.6 is 0 Å². The first-order valence-corrected chi connectivity index (χ1v) is 5.07. The SMILES string of the molecule is CCOCC.CN1CCCCC1. The van der Waals surface area contributed by atoms with Gasteiger partial charge in [-0.05, 0) is 46.8 Å². The van der Waals surface area contributed by atoms with Crippen LogP contribution in [-0.4, -0.2) is 38.3 Å². The number of hydrogen-bond acceptors (Lipinski definition) is 2. The van der Waals surface area contributed by atoms with Crippen molar-refractivity contribution in [3.63, 3.8) is 0 Å². The van der Waals surface area contributed by atoms with Crippen LogP contribution in [0.5, 0.6) is 0 Å². The third kappa shape index (κ3) is 8.02. The lowest BCUT2D eigenvalue weighted by atomic mass is 10.1. The zero-order valence-corrected chi connectivity index (χ0v) is 8.81. The maximum Gasteiger partial charge on any atom is 0.0437 e. The lowest BCUT2D eigenvalue weighted by Gasteiger charge is -2.20. The van der Waals surface area contributed by atoms with Gasteiger partial charge in [-0.15, -0.1) is 0 Å². The summed E-state index contributed by atoms with van der Waals surface area (Å²) < 4.78 is 4.83. The number of rotatable bonds is 2. The van der Waals surface area contributed by atoms with Crippen LogP contribution in [-0.2, 0) is 4.74 Å². The highest BCUT2D eigenvalue weighted by molar-refractivity contribution is 4.58. The fourth-order valence-corrected chi connectivity index (χ4v) is 1.26. The smallest absolute Gasteiger partial charge is 0.0437 e. The molecule has 0 aromatic carbocycles. The van der Waals surface area contributed by atoms with E-state index in [2.05, 4.69) is 11.9 Å². The standard InChI is InChI=1S/C6H13N.C4H10O/c1-7-5-3-2-4-6-7;1-3-5-4-2/h2-6H2,1H3;3-4H2,1-2H3. The topological polar surface area (TPSA) is 12.5 Å². The zero-order chi connectivity index (χ0) is 9.23. The van der Waals surface area contributed by atoms with Crippen molar-refractivity contribution in [2.24, 2.45) is 0 Å². The lowest BCUT2D eigenvalue weighted by Crippen LogP contribution is -2.24. The largest absolute Gasteiger partial charge is 0.382 e. The number of hydrogen-bond donors (Lipinski definition) is 0. The van der Waals surface area contributed by atoms with Gasteiger partial charge >= 0.3 is 0 Å². The Morgan fingerprint density at radius 2 is 1.50 bits per heavy atom. The van der Waals surface area contributed by atoms with E-state index in [0.717, 1.165) is 13.2 Å². The highest BCUT2D eigenvalue weighted by Crippen LogP contribution is 2.04. The van der Waals surface area contributed by atoms with Crippen LogP contribution in [0.2, 0.25) is 0 Å². The van der Waals surface area contributed by atoms with Crippen molar-refractivity contribution < 1.29 is 4.74 Å².